The van der Waals surface area contributed by atoms with Crippen LogP contribution in [0, 0.1) is 0 Å². The molecule has 0 bridgehead atoms. The SMILES string of the molecule is C=C/C=C\C=C(/C)n1c(C=C)c(/C=C\C=C)c(=C)/c1=C\c1c(C=C)c2ccccc2n1-c1cccc(-c2nc3cc(-c4nc(-c5ccccc5)nc(-c5ccccc5)n4)ccc3s2)c1. The summed E-state index contributed by atoms with van der Waals surface area (Å²) < 4.78 is 5.57. The van der Waals surface area contributed by atoms with E-state index in [0.717, 1.165) is 92.8 Å². The summed E-state index contributed by atoms with van der Waals surface area (Å²) in [6.07, 6.45) is 19.5. The number of hydrogen-bond acceptors (Lipinski definition) is 5. The fraction of sp³-hybridized carbons (Fsp3) is 0.0175. The van der Waals surface area contributed by atoms with Crippen molar-refractivity contribution in [1.29, 1.82) is 0 Å². The van der Waals surface area contributed by atoms with Gasteiger partial charge in [0.2, 0.25) is 0 Å². The molecule has 0 saturated heterocycles. The third kappa shape index (κ3) is 7.77. The summed E-state index contributed by atoms with van der Waals surface area (Å²) >= 11 is 1.66. The lowest BCUT2D eigenvalue weighted by Crippen LogP contribution is -2.29. The zero-order valence-electron chi connectivity index (χ0n) is 35.5. The number of aromatic nitrogens is 6. The Labute approximate surface area is 376 Å². The molecule has 5 aromatic carbocycles. The van der Waals surface area contributed by atoms with E-state index in [-0.39, 0.29) is 0 Å². The van der Waals surface area contributed by atoms with Crippen LogP contribution in [0.15, 0.2) is 190 Å². The second-order valence-corrected chi connectivity index (χ2v) is 16.0. The molecule has 0 aliphatic heterocycles. The van der Waals surface area contributed by atoms with Crippen molar-refractivity contribution in [2.24, 2.45) is 0 Å². The Bertz CT molecular complexity index is 3430. The highest BCUT2D eigenvalue weighted by Gasteiger charge is 2.19. The third-order valence-corrected chi connectivity index (χ3v) is 12.1. The van der Waals surface area contributed by atoms with E-state index in [0.29, 0.717) is 17.5 Å². The Morgan fingerprint density at radius 3 is 1.92 bits per heavy atom. The van der Waals surface area contributed by atoms with E-state index in [4.69, 9.17) is 19.9 Å². The molecule has 0 spiro atoms. The molecular formula is C57H44N6S. The van der Waals surface area contributed by atoms with Crippen LogP contribution in [0.25, 0.3) is 108 Å². The van der Waals surface area contributed by atoms with Gasteiger partial charge < -0.3 is 9.13 Å². The van der Waals surface area contributed by atoms with Gasteiger partial charge in [0.25, 0.3) is 0 Å². The predicted octanol–water partition coefficient (Wildman–Crippen LogP) is 13.2. The molecule has 0 atom stereocenters. The summed E-state index contributed by atoms with van der Waals surface area (Å²) in [6.45, 7) is 23.0. The zero-order chi connectivity index (χ0) is 44.2. The molecule has 0 radical (unpaired) electrons. The van der Waals surface area contributed by atoms with E-state index in [1.54, 1.807) is 23.5 Å². The molecule has 9 aromatic rings. The molecule has 0 N–H and O–H groups in total. The van der Waals surface area contributed by atoms with Gasteiger partial charge in [0.15, 0.2) is 17.5 Å². The summed E-state index contributed by atoms with van der Waals surface area (Å²) in [6, 6.07) is 43.3. The summed E-state index contributed by atoms with van der Waals surface area (Å²) in [4.78, 5) is 20.0. The van der Waals surface area contributed by atoms with Crippen molar-refractivity contribution in [2.75, 3.05) is 0 Å². The maximum atomic E-state index is 5.22. The second kappa shape index (κ2) is 18.0. The van der Waals surface area contributed by atoms with E-state index in [1.807, 2.05) is 97.1 Å². The molecule has 0 aliphatic carbocycles. The normalized spacial score (nSPS) is 12.2. The van der Waals surface area contributed by atoms with Crippen LogP contribution in [0.2, 0.25) is 0 Å². The first kappa shape index (κ1) is 41.1. The molecule has 0 amide bonds. The molecule has 0 saturated carbocycles. The Morgan fingerprint density at radius 1 is 0.594 bits per heavy atom. The number of hydrogen-bond donors (Lipinski definition) is 0. The van der Waals surface area contributed by atoms with Crippen LogP contribution in [-0.4, -0.2) is 29.1 Å². The van der Waals surface area contributed by atoms with Crippen LogP contribution < -0.4 is 10.6 Å². The highest BCUT2D eigenvalue weighted by Crippen LogP contribution is 2.36. The number of nitrogens with zero attached hydrogens (tertiary/aromatic N) is 6. The van der Waals surface area contributed by atoms with Gasteiger partial charge in [0, 0.05) is 55.4 Å². The van der Waals surface area contributed by atoms with Gasteiger partial charge >= 0.3 is 0 Å². The van der Waals surface area contributed by atoms with Crippen LogP contribution in [-0.2, 0) is 0 Å². The fourth-order valence-electron chi connectivity index (χ4n) is 8.06. The molecule has 308 valence electrons. The van der Waals surface area contributed by atoms with E-state index >= 15 is 0 Å². The lowest BCUT2D eigenvalue weighted by atomic mass is 10.1. The van der Waals surface area contributed by atoms with Gasteiger partial charge in [-0.3, -0.25) is 0 Å². The van der Waals surface area contributed by atoms with Crippen LogP contribution in [0.5, 0.6) is 0 Å². The van der Waals surface area contributed by atoms with Crippen LogP contribution >= 0.6 is 11.3 Å². The van der Waals surface area contributed by atoms with Gasteiger partial charge in [-0.2, -0.15) is 0 Å². The lowest BCUT2D eigenvalue weighted by molar-refractivity contribution is 1.02. The minimum Gasteiger partial charge on any atom is -0.313 e. The lowest BCUT2D eigenvalue weighted by Gasteiger charge is -2.12. The molecule has 6 nitrogen and oxygen atoms in total. The van der Waals surface area contributed by atoms with Gasteiger partial charge in [-0.25, -0.2) is 19.9 Å². The largest absolute Gasteiger partial charge is 0.313 e. The monoisotopic (exact) mass is 844 g/mol. The number of thiazole rings is 1. The van der Waals surface area contributed by atoms with Gasteiger partial charge in [0.05, 0.1) is 32.5 Å². The molecule has 4 heterocycles. The molecule has 9 rings (SSSR count). The maximum absolute atomic E-state index is 5.22. The number of benzene rings is 5. The highest BCUT2D eigenvalue weighted by molar-refractivity contribution is 7.21. The Kier molecular flexibility index (Phi) is 11.6. The summed E-state index contributed by atoms with van der Waals surface area (Å²) in [7, 11) is 0. The molecule has 0 unspecified atom stereocenters. The van der Waals surface area contributed by atoms with Crippen molar-refractivity contribution in [3.05, 3.63) is 223 Å². The van der Waals surface area contributed by atoms with Crippen molar-refractivity contribution in [3.8, 4) is 50.4 Å². The summed E-state index contributed by atoms with van der Waals surface area (Å²) in [5.41, 5.74) is 11.5. The third-order valence-electron chi connectivity index (χ3n) is 11.0. The van der Waals surface area contributed by atoms with Crippen molar-refractivity contribution in [3.63, 3.8) is 0 Å². The van der Waals surface area contributed by atoms with E-state index < -0.39 is 0 Å². The molecule has 0 fully saturated rings. The standard InChI is InChI=1S/C57H44N6S/c1-7-11-15-23-38(5)62-49(10-4)46(30-12-8-2)39(6)51(62)37-52-45(9-3)47-31-20-21-32-50(47)63(52)44-29-22-28-43(35-44)57-58-48-36-42(33-34-53(48)64-57)56-60-54(40-24-16-13-17-25-40)59-55(61-56)41-26-18-14-19-27-41/h7-37H,1-4,6H2,5H3/b15-11-,30-12-,38-23+,51-37+. The maximum Gasteiger partial charge on any atom is 0.164 e. The number of fused-ring (bicyclic) bond motifs is 2. The molecule has 64 heavy (non-hydrogen) atoms. The Morgan fingerprint density at radius 2 is 1.25 bits per heavy atom. The van der Waals surface area contributed by atoms with Crippen molar-refractivity contribution in [2.45, 2.75) is 6.92 Å². The predicted molar refractivity (Wildman–Crippen MR) is 273 cm³/mol. The molecule has 4 aromatic heterocycles. The van der Waals surface area contributed by atoms with E-state index in [2.05, 4.69) is 128 Å². The smallest absolute Gasteiger partial charge is 0.164 e. The first-order valence-corrected chi connectivity index (χ1v) is 21.7. The minimum absolute atomic E-state index is 0.590. The summed E-state index contributed by atoms with van der Waals surface area (Å²) in [5, 5.41) is 3.79. The van der Waals surface area contributed by atoms with Crippen LogP contribution in [0.4, 0.5) is 0 Å². The molecule has 0 aliphatic rings. The van der Waals surface area contributed by atoms with E-state index in [9.17, 15) is 0 Å². The van der Waals surface area contributed by atoms with Crippen molar-refractivity contribution >= 4 is 69.0 Å². The fourth-order valence-corrected chi connectivity index (χ4v) is 9.01. The Hall–Kier alpha value is -8.26. The molecular weight excluding hydrogens is 801 g/mol. The van der Waals surface area contributed by atoms with Crippen molar-refractivity contribution in [1.82, 2.24) is 29.1 Å². The number of allylic oxidation sites excluding steroid dienone is 7. The quantitative estimate of drug-likeness (QED) is 0.108. The second-order valence-electron chi connectivity index (χ2n) is 15.0. The van der Waals surface area contributed by atoms with Gasteiger partial charge in [-0.1, -0.05) is 166 Å². The first-order chi connectivity index (χ1) is 31.4. The van der Waals surface area contributed by atoms with E-state index in [1.165, 1.54) is 0 Å². The number of rotatable bonds is 13. The van der Waals surface area contributed by atoms with Gasteiger partial charge in [0.1, 0.15) is 5.01 Å². The average molecular weight is 845 g/mol. The van der Waals surface area contributed by atoms with Gasteiger partial charge in [-0.15, -0.1) is 11.3 Å². The highest BCUT2D eigenvalue weighted by atomic mass is 32.1. The molecule has 7 heteroatoms. The Balaban J connectivity index is 1.19. The zero-order valence-corrected chi connectivity index (χ0v) is 36.3. The summed E-state index contributed by atoms with van der Waals surface area (Å²) in [5.74, 6) is 1.83. The first-order valence-electron chi connectivity index (χ1n) is 20.9. The van der Waals surface area contributed by atoms with Gasteiger partial charge in [-0.05, 0) is 61.5 Å². The number of para-hydroxylation sites is 1. The topological polar surface area (TPSA) is 61.4 Å². The van der Waals surface area contributed by atoms with Crippen LogP contribution in [0.3, 0.4) is 0 Å². The van der Waals surface area contributed by atoms with Crippen molar-refractivity contribution < 1.29 is 0 Å². The average Bonchev–Trinajstić information content (AvgIpc) is 4.00. The minimum atomic E-state index is 0.590. The van der Waals surface area contributed by atoms with Crippen LogP contribution in [0.1, 0.15) is 29.4 Å².